The van der Waals surface area contributed by atoms with Crippen molar-refractivity contribution >= 4 is 17.5 Å². The molecule has 1 aromatic carbocycles. The molecule has 0 saturated heterocycles. The number of carbonyl (C=O) groups excluding carboxylic acids is 2. The molecule has 0 spiro atoms. The van der Waals surface area contributed by atoms with Gasteiger partial charge >= 0.3 is 0 Å². The highest BCUT2D eigenvalue weighted by molar-refractivity contribution is 6.01. The number of nitrogens with one attached hydrogen (secondary N) is 1. The van der Waals surface area contributed by atoms with Crippen LogP contribution < -0.4 is 10.2 Å². The molecular formula is C29H34N6O4. The Morgan fingerprint density at radius 1 is 1.03 bits per heavy atom. The zero-order chi connectivity index (χ0) is 27.7. The Bertz CT molecular complexity index is 1490. The standard InChI is InChI=1S/C29H34N6O4/c1-18-13-15-23(38-18)26(28(37)30-29(3,4)5)35(22-12-8-10-20-9-6-7-11-21(20)22)25(36)17-34-32-27(31-33-34)24-16-14-19(2)39-24/h8,10,12-16,26H,6-7,9,11,17H2,1-5H3,(H,30,37)/t26-/m1/s1. The molecule has 10 nitrogen and oxygen atoms in total. The summed E-state index contributed by atoms with van der Waals surface area (Å²) >= 11 is 0. The number of carbonyl (C=O) groups is 2. The number of rotatable bonds is 7. The van der Waals surface area contributed by atoms with Crippen molar-refractivity contribution in [1.82, 2.24) is 25.5 Å². The maximum Gasteiger partial charge on any atom is 0.251 e. The predicted molar refractivity (Wildman–Crippen MR) is 145 cm³/mol. The van der Waals surface area contributed by atoms with E-state index in [4.69, 9.17) is 8.83 Å². The topological polar surface area (TPSA) is 119 Å². The van der Waals surface area contributed by atoms with Crippen molar-refractivity contribution in [1.29, 1.82) is 0 Å². The molecule has 3 aromatic heterocycles. The van der Waals surface area contributed by atoms with Gasteiger partial charge in [-0.2, -0.15) is 4.80 Å². The summed E-state index contributed by atoms with van der Waals surface area (Å²) in [5, 5.41) is 15.6. The van der Waals surface area contributed by atoms with Crippen LogP contribution >= 0.6 is 0 Å². The van der Waals surface area contributed by atoms with Gasteiger partial charge in [-0.05, 0) is 107 Å². The smallest absolute Gasteiger partial charge is 0.251 e. The minimum absolute atomic E-state index is 0.227. The van der Waals surface area contributed by atoms with Gasteiger partial charge in [0.25, 0.3) is 11.8 Å². The molecule has 2 amide bonds. The number of fused-ring (bicyclic) bond motifs is 1. The van der Waals surface area contributed by atoms with Crippen LogP contribution in [0.4, 0.5) is 5.69 Å². The minimum Gasteiger partial charge on any atom is -0.464 e. The molecule has 4 aromatic rings. The van der Waals surface area contributed by atoms with Crippen molar-refractivity contribution in [2.24, 2.45) is 0 Å². The van der Waals surface area contributed by atoms with Crippen molar-refractivity contribution < 1.29 is 18.4 Å². The molecule has 5 rings (SSSR count). The van der Waals surface area contributed by atoms with Gasteiger partial charge in [-0.1, -0.05) is 12.1 Å². The van der Waals surface area contributed by atoms with E-state index in [0.717, 1.165) is 37.0 Å². The molecule has 0 bridgehead atoms. The quantitative estimate of drug-likeness (QED) is 0.367. The lowest BCUT2D eigenvalue weighted by molar-refractivity contribution is -0.128. The third-order valence-electron chi connectivity index (χ3n) is 6.63. The Kier molecular flexibility index (Phi) is 7.12. The summed E-state index contributed by atoms with van der Waals surface area (Å²) in [6, 6.07) is 12.0. The molecule has 39 heavy (non-hydrogen) atoms. The molecule has 0 saturated carbocycles. The molecule has 204 valence electrons. The summed E-state index contributed by atoms with van der Waals surface area (Å²) in [6.07, 6.45) is 3.86. The predicted octanol–water partition coefficient (Wildman–Crippen LogP) is 4.71. The van der Waals surface area contributed by atoms with E-state index < -0.39 is 11.6 Å². The molecule has 10 heteroatoms. The molecule has 0 fully saturated rings. The van der Waals surface area contributed by atoms with E-state index in [0.29, 0.717) is 23.0 Å². The molecule has 1 atom stereocenters. The van der Waals surface area contributed by atoms with Gasteiger partial charge in [0.05, 0.1) is 0 Å². The van der Waals surface area contributed by atoms with Crippen LogP contribution in [0.25, 0.3) is 11.6 Å². The Morgan fingerprint density at radius 3 is 2.46 bits per heavy atom. The normalized spacial score (nSPS) is 14.1. The monoisotopic (exact) mass is 530 g/mol. The summed E-state index contributed by atoms with van der Waals surface area (Å²) in [5.74, 6) is 1.80. The molecule has 0 radical (unpaired) electrons. The molecule has 1 N–H and O–H groups in total. The highest BCUT2D eigenvalue weighted by atomic mass is 16.3. The third kappa shape index (κ3) is 5.79. The number of aryl methyl sites for hydroxylation is 3. The van der Waals surface area contributed by atoms with Crippen LogP contribution in [-0.4, -0.2) is 37.6 Å². The lowest BCUT2D eigenvalue weighted by Gasteiger charge is -2.34. The van der Waals surface area contributed by atoms with Gasteiger partial charge in [-0.25, -0.2) is 0 Å². The van der Waals surface area contributed by atoms with E-state index in [-0.39, 0.29) is 24.2 Å². The fourth-order valence-corrected chi connectivity index (χ4v) is 4.98. The second-order valence-corrected chi connectivity index (χ2v) is 11.0. The largest absolute Gasteiger partial charge is 0.464 e. The fourth-order valence-electron chi connectivity index (χ4n) is 4.98. The van der Waals surface area contributed by atoms with Gasteiger partial charge in [0, 0.05) is 11.2 Å². The summed E-state index contributed by atoms with van der Waals surface area (Å²) in [7, 11) is 0. The second kappa shape index (κ2) is 10.5. The third-order valence-corrected chi connectivity index (χ3v) is 6.63. The molecular weight excluding hydrogens is 496 g/mol. The Hall–Kier alpha value is -4.21. The molecule has 1 aliphatic rings. The number of amides is 2. The van der Waals surface area contributed by atoms with Gasteiger partial charge in [0.1, 0.15) is 23.8 Å². The van der Waals surface area contributed by atoms with E-state index in [1.165, 1.54) is 10.4 Å². The van der Waals surface area contributed by atoms with Gasteiger partial charge < -0.3 is 14.2 Å². The maximum absolute atomic E-state index is 14.2. The van der Waals surface area contributed by atoms with Crippen molar-refractivity contribution in [3.63, 3.8) is 0 Å². The van der Waals surface area contributed by atoms with Crippen LogP contribution in [0.3, 0.4) is 0 Å². The number of furan rings is 2. The first-order valence-electron chi connectivity index (χ1n) is 13.2. The number of nitrogens with zero attached hydrogens (tertiary/aromatic N) is 5. The summed E-state index contributed by atoms with van der Waals surface area (Å²) in [5.41, 5.74) is 2.44. The average Bonchev–Trinajstić information content (AvgIpc) is 3.62. The molecule has 0 unspecified atom stereocenters. The number of hydrogen-bond acceptors (Lipinski definition) is 7. The van der Waals surface area contributed by atoms with E-state index >= 15 is 0 Å². The SMILES string of the molecule is Cc1ccc(-c2nnn(CC(=O)N(c3cccc4c3CCCC4)[C@@H](C(=O)NC(C)(C)C)c3ccc(C)o3)n2)o1. The van der Waals surface area contributed by atoms with Gasteiger partial charge in [0.15, 0.2) is 11.8 Å². The first-order valence-corrected chi connectivity index (χ1v) is 13.2. The summed E-state index contributed by atoms with van der Waals surface area (Å²) < 4.78 is 11.6. The average molecular weight is 531 g/mol. The van der Waals surface area contributed by atoms with E-state index in [1.807, 2.05) is 52.8 Å². The highest BCUT2D eigenvalue weighted by Crippen LogP contribution is 2.36. The molecule has 3 heterocycles. The first-order chi connectivity index (χ1) is 18.6. The zero-order valence-electron chi connectivity index (χ0n) is 23.0. The summed E-state index contributed by atoms with van der Waals surface area (Å²) in [6.45, 7) is 9.13. The molecule has 0 aliphatic heterocycles. The van der Waals surface area contributed by atoms with E-state index in [2.05, 4.69) is 26.8 Å². The van der Waals surface area contributed by atoms with Crippen LogP contribution in [-0.2, 0) is 29.0 Å². The van der Waals surface area contributed by atoms with Crippen LogP contribution in [0.1, 0.15) is 68.1 Å². The van der Waals surface area contributed by atoms with E-state index in [9.17, 15) is 9.59 Å². The maximum atomic E-state index is 14.2. The van der Waals surface area contributed by atoms with Crippen molar-refractivity contribution in [3.05, 3.63) is 70.9 Å². The van der Waals surface area contributed by atoms with Gasteiger partial charge in [-0.3, -0.25) is 14.5 Å². The van der Waals surface area contributed by atoms with Crippen LogP contribution in [0.15, 0.2) is 51.3 Å². The Balaban J connectivity index is 1.58. The zero-order valence-corrected chi connectivity index (χ0v) is 23.0. The number of aromatic nitrogens is 4. The lowest BCUT2D eigenvalue weighted by Crippen LogP contribution is -2.50. The van der Waals surface area contributed by atoms with Crippen LogP contribution in [0, 0.1) is 13.8 Å². The Morgan fingerprint density at radius 2 is 1.77 bits per heavy atom. The molecule has 1 aliphatic carbocycles. The van der Waals surface area contributed by atoms with Crippen molar-refractivity contribution in [2.75, 3.05) is 4.90 Å². The highest BCUT2D eigenvalue weighted by Gasteiger charge is 2.38. The van der Waals surface area contributed by atoms with Gasteiger partial charge in [-0.15, -0.1) is 10.2 Å². The number of hydrogen-bond donors (Lipinski definition) is 1. The lowest BCUT2D eigenvalue weighted by atomic mass is 9.89. The number of tetrazole rings is 1. The Labute approximate surface area is 227 Å². The van der Waals surface area contributed by atoms with Crippen LogP contribution in [0.2, 0.25) is 0 Å². The summed E-state index contributed by atoms with van der Waals surface area (Å²) in [4.78, 5) is 30.8. The fraction of sp³-hybridized carbons (Fsp3) is 0.414. The second-order valence-electron chi connectivity index (χ2n) is 11.0. The number of benzene rings is 1. The van der Waals surface area contributed by atoms with Crippen LogP contribution in [0.5, 0.6) is 0 Å². The van der Waals surface area contributed by atoms with Crippen molar-refractivity contribution in [3.8, 4) is 11.6 Å². The number of anilines is 1. The minimum atomic E-state index is -1.03. The van der Waals surface area contributed by atoms with Gasteiger partial charge in [0.2, 0.25) is 5.82 Å². The van der Waals surface area contributed by atoms with Crippen molar-refractivity contribution in [2.45, 2.75) is 78.4 Å². The first kappa shape index (κ1) is 26.4. The van der Waals surface area contributed by atoms with E-state index in [1.54, 1.807) is 23.1 Å².